The first kappa shape index (κ1) is 20.7. The Kier molecular flexibility index (Phi) is 7.98. The quantitative estimate of drug-likeness (QED) is 0.492. The summed E-state index contributed by atoms with van der Waals surface area (Å²) < 4.78 is 5.87. The first-order valence-corrected chi connectivity index (χ1v) is 9.20. The minimum Gasteiger partial charge on any atom is -0.462 e. The number of carbonyl (C=O) groups is 2. The molecule has 1 aliphatic rings. The van der Waals surface area contributed by atoms with Crippen LogP contribution in [0.15, 0.2) is 12.2 Å². The summed E-state index contributed by atoms with van der Waals surface area (Å²) in [6.07, 6.45) is 7.80. The Morgan fingerprint density at radius 1 is 1.17 bits per heavy atom. The molecule has 1 aliphatic heterocycles. The first-order chi connectivity index (χ1) is 11.1. The van der Waals surface area contributed by atoms with Gasteiger partial charge in [0.05, 0.1) is 5.92 Å². The standard InChI is InChI=1S/C20H35NO3/c1-15-10-9-12-18(22)21(6)13-8-7-11-16(2)19(23)24-17(14-15)20(3,4)5/h7-8,15-17H,9-14H2,1-6H3/b8-7+/t15-,16-,17-/m1/s1. The van der Waals surface area contributed by atoms with Gasteiger partial charge in [0.15, 0.2) is 0 Å². The van der Waals surface area contributed by atoms with Crippen LogP contribution in [0, 0.1) is 17.3 Å². The van der Waals surface area contributed by atoms with Gasteiger partial charge in [0, 0.05) is 20.0 Å². The van der Waals surface area contributed by atoms with Gasteiger partial charge in [0.1, 0.15) is 6.10 Å². The van der Waals surface area contributed by atoms with Crippen molar-refractivity contribution in [2.75, 3.05) is 13.6 Å². The molecule has 24 heavy (non-hydrogen) atoms. The van der Waals surface area contributed by atoms with Crippen LogP contribution >= 0.6 is 0 Å². The van der Waals surface area contributed by atoms with Gasteiger partial charge in [-0.15, -0.1) is 0 Å². The molecule has 0 bridgehead atoms. The number of hydrogen-bond acceptors (Lipinski definition) is 3. The maximum Gasteiger partial charge on any atom is 0.309 e. The number of cyclic esters (lactones) is 1. The minimum atomic E-state index is -0.160. The molecule has 0 aromatic carbocycles. The van der Waals surface area contributed by atoms with Crippen LogP contribution in [-0.2, 0) is 14.3 Å². The third-order valence-corrected chi connectivity index (χ3v) is 4.79. The Balaban J connectivity index is 2.86. The van der Waals surface area contributed by atoms with Gasteiger partial charge in [-0.1, -0.05) is 53.2 Å². The highest BCUT2D eigenvalue weighted by Gasteiger charge is 2.31. The largest absolute Gasteiger partial charge is 0.462 e. The van der Waals surface area contributed by atoms with Crippen LogP contribution in [0.25, 0.3) is 0 Å². The molecular formula is C20H35NO3. The molecule has 138 valence electrons. The topological polar surface area (TPSA) is 46.6 Å². The van der Waals surface area contributed by atoms with Crippen molar-refractivity contribution in [1.82, 2.24) is 4.90 Å². The third-order valence-electron chi connectivity index (χ3n) is 4.79. The molecule has 0 aliphatic carbocycles. The number of amides is 1. The summed E-state index contributed by atoms with van der Waals surface area (Å²) >= 11 is 0. The van der Waals surface area contributed by atoms with Gasteiger partial charge in [-0.2, -0.15) is 0 Å². The lowest BCUT2D eigenvalue weighted by Crippen LogP contribution is -2.35. The number of carbonyl (C=O) groups excluding carboxylic acids is 2. The van der Waals surface area contributed by atoms with Crippen molar-refractivity contribution in [3.8, 4) is 0 Å². The highest BCUT2D eigenvalue weighted by molar-refractivity contribution is 5.76. The summed E-state index contributed by atoms with van der Waals surface area (Å²) in [6.45, 7) is 11.0. The highest BCUT2D eigenvalue weighted by Crippen LogP contribution is 2.30. The zero-order valence-electron chi connectivity index (χ0n) is 16.3. The van der Waals surface area contributed by atoms with E-state index >= 15 is 0 Å². The van der Waals surface area contributed by atoms with Gasteiger partial charge in [0.2, 0.25) is 5.91 Å². The average molecular weight is 338 g/mol. The number of hydrogen-bond donors (Lipinski definition) is 0. The van der Waals surface area contributed by atoms with Crippen LogP contribution in [0.2, 0.25) is 0 Å². The summed E-state index contributed by atoms with van der Waals surface area (Å²) in [5, 5.41) is 0. The molecule has 0 spiro atoms. The molecule has 1 rings (SSSR count). The summed E-state index contributed by atoms with van der Waals surface area (Å²) in [4.78, 5) is 26.3. The van der Waals surface area contributed by atoms with Gasteiger partial charge < -0.3 is 9.64 Å². The number of esters is 1. The van der Waals surface area contributed by atoms with Crippen LogP contribution in [0.4, 0.5) is 0 Å². The van der Waals surface area contributed by atoms with Crippen molar-refractivity contribution in [3.05, 3.63) is 12.2 Å². The smallest absolute Gasteiger partial charge is 0.309 e. The zero-order chi connectivity index (χ0) is 18.3. The van der Waals surface area contributed by atoms with Crippen LogP contribution in [0.3, 0.4) is 0 Å². The van der Waals surface area contributed by atoms with E-state index in [-0.39, 0.29) is 29.3 Å². The van der Waals surface area contributed by atoms with Gasteiger partial charge >= 0.3 is 5.97 Å². The second-order valence-corrected chi connectivity index (χ2v) is 8.41. The van der Waals surface area contributed by atoms with E-state index in [0.717, 1.165) is 19.3 Å². The fourth-order valence-corrected chi connectivity index (χ4v) is 2.84. The number of ether oxygens (including phenoxy) is 1. The monoisotopic (exact) mass is 337 g/mol. The maximum atomic E-state index is 12.4. The van der Waals surface area contributed by atoms with Crippen molar-refractivity contribution >= 4 is 11.9 Å². The van der Waals surface area contributed by atoms with E-state index in [1.165, 1.54) is 0 Å². The molecule has 4 heteroatoms. The van der Waals surface area contributed by atoms with Crippen LogP contribution in [0.1, 0.15) is 66.7 Å². The fraction of sp³-hybridized carbons (Fsp3) is 0.800. The van der Waals surface area contributed by atoms with Gasteiger partial charge in [-0.25, -0.2) is 0 Å². The lowest BCUT2D eigenvalue weighted by atomic mass is 9.82. The van der Waals surface area contributed by atoms with Crippen molar-refractivity contribution in [1.29, 1.82) is 0 Å². The third kappa shape index (κ3) is 7.06. The lowest BCUT2D eigenvalue weighted by Gasteiger charge is -2.33. The van der Waals surface area contributed by atoms with Crippen molar-refractivity contribution in [2.45, 2.75) is 72.8 Å². The molecule has 0 saturated heterocycles. The molecule has 0 N–H and O–H groups in total. The Bertz CT molecular complexity index is 450. The molecule has 0 aromatic rings. The molecule has 0 unspecified atom stereocenters. The zero-order valence-corrected chi connectivity index (χ0v) is 16.3. The Labute approximate surface area is 147 Å². The lowest BCUT2D eigenvalue weighted by molar-refractivity contribution is -0.160. The van der Waals surface area contributed by atoms with E-state index in [1.54, 1.807) is 4.90 Å². The highest BCUT2D eigenvalue weighted by atomic mass is 16.5. The van der Waals surface area contributed by atoms with E-state index < -0.39 is 0 Å². The van der Waals surface area contributed by atoms with Crippen LogP contribution in [0.5, 0.6) is 0 Å². The molecule has 0 aromatic heterocycles. The Hall–Kier alpha value is -1.32. The van der Waals surface area contributed by atoms with Crippen molar-refractivity contribution in [3.63, 3.8) is 0 Å². The van der Waals surface area contributed by atoms with Crippen molar-refractivity contribution < 1.29 is 14.3 Å². The Morgan fingerprint density at radius 2 is 1.83 bits per heavy atom. The number of rotatable bonds is 0. The summed E-state index contributed by atoms with van der Waals surface area (Å²) in [5.74, 6) is 0.340. The fourth-order valence-electron chi connectivity index (χ4n) is 2.84. The number of allylic oxidation sites excluding steroid dienone is 1. The van der Waals surface area contributed by atoms with E-state index in [1.807, 2.05) is 26.1 Å². The van der Waals surface area contributed by atoms with Gasteiger partial charge in [-0.3, -0.25) is 9.59 Å². The van der Waals surface area contributed by atoms with E-state index in [2.05, 4.69) is 27.7 Å². The SMILES string of the molecule is C[C@@H]1CCCC(=O)N(C)C/C=C/C[C@@H](C)C(=O)O[C@@H](C(C)(C)C)C1. The normalized spacial score (nSPS) is 30.2. The summed E-state index contributed by atoms with van der Waals surface area (Å²) in [7, 11) is 1.83. The van der Waals surface area contributed by atoms with Gasteiger partial charge in [-0.05, 0) is 30.6 Å². The number of likely N-dealkylation sites (N-methyl/N-ethyl adjacent to an activating group) is 1. The molecular weight excluding hydrogens is 302 g/mol. The van der Waals surface area contributed by atoms with E-state index in [4.69, 9.17) is 4.74 Å². The van der Waals surface area contributed by atoms with Crippen LogP contribution < -0.4 is 0 Å². The molecule has 1 amide bonds. The predicted octanol–water partition coefficient (Wildman–Crippen LogP) is 4.20. The van der Waals surface area contributed by atoms with E-state index in [0.29, 0.717) is 25.3 Å². The summed E-state index contributed by atoms with van der Waals surface area (Å²) in [5.41, 5.74) is -0.0799. The molecule has 3 atom stereocenters. The van der Waals surface area contributed by atoms with E-state index in [9.17, 15) is 9.59 Å². The molecule has 0 radical (unpaired) electrons. The average Bonchev–Trinajstić information content (AvgIpc) is 2.48. The molecule has 4 nitrogen and oxygen atoms in total. The molecule has 0 fully saturated rings. The minimum absolute atomic E-state index is 0.0799. The second kappa shape index (κ2) is 9.24. The van der Waals surface area contributed by atoms with Crippen LogP contribution in [-0.4, -0.2) is 36.5 Å². The Morgan fingerprint density at radius 3 is 2.46 bits per heavy atom. The predicted molar refractivity (Wildman–Crippen MR) is 97.5 cm³/mol. The maximum absolute atomic E-state index is 12.4. The molecule has 0 saturated carbocycles. The second-order valence-electron chi connectivity index (χ2n) is 8.41. The van der Waals surface area contributed by atoms with Gasteiger partial charge in [0.25, 0.3) is 0 Å². The van der Waals surface area contributed by atoms with Crippen molar-refractivity contribution in [2.24, 2.45) is 17.3 Å². The first-order valence-electron chi connectivity index (χ1n) is 9.20. The summed E-state index contributed by atoms with van der Waals surface area (Å²) in [6, 6.07) is 0. The molecule has 1 heterocycles. The number of nitrogens with zero attached hydrogens (tertiary/aromatic N) is 1.